The number of fused-ring (bicyclic) bond motifs is 1. The van der Waals surface area contributed by atoms with Gasteiger partial charge in [0, 0.05) is 10.9 Å². The molecule has 1 aromatic heterocycles. The maximum absolute atomic E-state index is 12.0. The molecule has 0 bridgehead atoms. The summed E-state index contributed by atoms with van der Waals surface area (Å²) < 4.78 is 0. The molecule has 0 spiro atoms. The number of rotatable bonds is 4. The predicted octanol–water partition coefficient (Wildman–Crippen LogP) is 1.86. The molecule has 0 aliphatic heterocycles. The van der Waals surface area contributed by atoms with Crippen LogP contribution in [0.4, 0.5) is 0 Å². The Kier molecular flexibility index (Phi) is 2.91. The van der Waals surface area contributed by atoms with Crippen molar-refractivity contribution in [2.75, 3.05) is 0 Å². The van der Waals surface area contributed by atoms with E-state index in [-0.39, 0.29) is 12.2 Å². The van der Waals surface area contributed by atoms with E-state index in [9.17, 15) is 9.59 Å². The third kappa shape index (κ3) is 2.04. The van der Waals surface area contributed by atoms with Crippen LogP contribution in [0.25, 0.3) is 10.9 Å². The molecule has 2 aromatic rings. The Morgan fingerprint density at radius 3 is 2.88 bits per heavy atom. The number of nitrogens with one attached hydrogen (secondary N) is 1. The van der Waals surface area contributed by atoms with Crippen LogP contribution in [0.3, 0.4) is 0 Å². The van der Waals surface area contributed by atoms with Crippen molar-refractivity contribution < 1.29 is 14.7 Å². The van der Waals surface area contributed by atoms with Gasteiger partial charge >= 0.3 is 5.97 Å². The van der Waals surface area contributed by atoms with E-state index >= 15 is 0 Å². The molecule has 17 heavy (non-hydrogen) atoms. The van der Waals surface area contributed by atoms with Crippen LogP contribution < -0.4 is 0 Å². The molecule has 1 atom stereocenters. The molecule has 0 amide bonds. The van der Waals surface area contributed by atoms with Gasteiger partial charge in [0.05, 0.1) is 11.7 Å². The Labute approximate surface area is 97.5 Å². The second-order valence-electron chi connectivity index (χ2n) is 3.84. The van der Waals surface area contributed by atoms with Crippen molar-refractivity contribution in [3.05, 3.63) is 30.0 Å². The van der Waals surface area contributed by atoms with Crippen molar-refractivity contribution in [1.82, 2.24) is 10.2 Å². The molecule has 1 heterocycles. The van der Waals surface area contributed by atoms with Crippen LogP contribution in [0.2, 0.25) is 0 Å². The second-order valence-corrected chi connectivity index (χ2v) is 3.84. The highest BCUT2D eigenvalue weighted by atomic mass is 16.4. The number of nitrogens with zero attached hydrogens (tertiary/aromatic N) is 1. The van der Waals surface area contributed by atoms with Gasteiger partial charge in [0.2, 0.25) is 0 Å². The number of H-pyrrole nitrogens is 1. The first-order valence-corrected chi connectivity index (χ1v) is 5.33. The highest BCUT2D eigenvalue weighted by Crippen LogP contribution is 2.17. The number of aromatic nitrogens is 2. The van der Waals surface area contributed by atoms with E-state index in [1.807, 2.05) is 0 Å². The van der Waals surface area contributed by atoms with Crippen LogP contribution in [-0.4, -0.2) is 27.1 Å². The van der Waals surface area contributed by atoms with Crippen LogP contribution in [0.1, 0.15) is 23.7 Å². The van der Waals surface area contributed by atoms with Gasteiger partial charge < -0.3 is 5.11 Å². The lowest BCUT2D eigenvalue weighted by molar-refractivity contribution is -0.140. The molecule has 0 aliphatic carbocycles. The van der Waals surface area contributed by atoms with Crippen molar-refractivity contribution in [3.63, 3.8) is 0 Å². The van der Waals surface area contributed by atoms with Gasteiger partial charge in [0.1, 0.15) is 5.92 Å². The Balaban J connectivity index is 2.38. The molecule has 0 aliphatic rings. The molecule has 2 N–H and O–H groups in total. The number of carbonyl (C=O) groups excluding carboxylic acids is 1. The van der Waals surface area contributed by atoms with E-state index in [0.29, 0.717) is 5.56 Å². The third-order valence-electron chi connectivity index (χ3n) is 2.75. The number of aliphatic carboxylic acids is 1. The Morgan fingerprint density at radius 1 is 1.47 bits per heavy atom. The number of carboxylic acid groups (broad SMARTS) is 1. The molecule has 0 saturated heterocycles. The quantitative estimate of drug-likeness (QED) is 0.622. The smallest absolute Gasteiger partial charge is 0.314 e. The number of carbonyl (C=O) groups is 2. The van der Waals surface area contributed by atoms with Crippen molar-refractivity contribution in [3.8, 4) is 0 Å². The van der Waals surface area contributed by atoms with Crippen molar-refractivity contribution in [1.29, 1.82) is 0 Å². The summed E-state index contributed by atoms with van der Waals surface area (Å²) in [5.74, 6) is -2.41. The highest BCUT2D eigenvalue weighted by Gasteiger charge is 2.25. The minimum Gasteiger partial charge on any atom is -0.481 e. The first kappa shape index (κ1) is 11.3. The predicted molar refractivity (Wildman–Crippen MR) is 61.8 cm³/mol. The van der Waals surface area contributed by atoms with Gasteiger partial charge in [-0.2, -0.15) is 5.10 Å². The fraction of sp³-hybridized carbons (Fsp3) is 0.250. The minimum atomic E-state index is -1.08. The van der Waals surface area contributed by atoms with E-state index in [4.69, 9.17) is 5.11 Å². The SMILES string of the molecule is CC[C@@H](C(=O)O)C(=O)c1ccc2[nH]ncc2c1. The third-order valence-corrected chi connectivity index (χ3v) is 2.75. The van der Waals surface area contributed by atoms with Gasteiger partial charge in [-0.3, -0.25) is 14.7 Å². The summed E-state index contributed by atoms with van der Waals surface area (Å²) in [6, 6.07) is 5.01. The first-order chi connectivity index (χ1) is 8.13. The Bertz CT molecular complexity index is 574. The van der Waals surface area contributed by atoms with Crippen molar-refractivity contribution >= 4 is 22.7 Å². The van der Waals surface area contributed by atoms with Crippen LogP contribution in [0, 0.1) is 5.92 Å². The van der Waals surface area contributed by atoms with Crippen molar-refractivity contribution in [2.45, 2.75) is 13.3 Å². The number of benzene rings is 1. The van der Waals surface area contributed by atoms with E-state index in [0.717, 1.165) is 10.9 Å². The maximum atomic E-state index is 12.0. The van der Waals surface area contributed by atoms with E-state index in [1.165, 1.54) is 0 Å². The summed E-state index contributed by atoms with van der Waals surface area (Å²) >= 11 is 0. The summed E-state index contributed by atoms with van der Waals surface area (Å²) in [6.07, 6.45) is 1.89. The lowest BCUT2D eigenvalue weighted by Gasteiger charge is -2.08. The fourth-order valence-corrected chi connectivity index (χ4v) is 1.77. The minimum absolute atomic E-state index is 0.289. The highest BCUT2D eigenvalue weighted by molar-refractivity contribution is 6.09. The summed E-state index contributed by atoms with van der Waals surface area (Å²) in [4.78, 5) is 22.9. The average molecular weight is 232 g/mol. The topological polar surface area (TPSA) is 83.0 Å². The zero-order valence-electron chi connectivity index (χ0n) is 9.30. The first-order valence-electron chi connectivity index (χ1n) is 5.33. The molecular weight excluding hydrogens is 220 g/mol. The number of ketones is 1. The van der Waals surface area contributed by atoms with Gasteiger partial charge in [0.15, 0.2) is 5.78 Å². The summed E-state index contributed by atoms with van der Waals surface area (Å²) in [6.45, 7) is 1.69. The zero-order chi connectivity index (χ0) is 12.4. The normalized spacial score (nSPS) is 12.5. The van der Waals surface area contributed by atoms with Crippen LogP contribution >= 0.6 is 0 Å². The molecule has 0 radical (unpaired) electrons. The summed E-state index contributed by atoms with van der Waals surface area (Å²) in [5.41, 5.74) is 1.23. The van der Waals surface area contributed by atoms with Gasteiger partial charge in [-0.25, -0.2) is 0 Å². The monoisotopic (exact) mass is 232 g/mol. The summed E-state index contributed by atoms with van der Waals surface area (Å²) in [7, 11) is 0. The van der Waals surface area contributed by atoms with Gasteiger partial charge in [-0.1, -0.05) is 6.92 Å². The molecule has 1 aromatic carbocycles. The van der Waals surface area contributed by atoms with Gasteiger partial charge in [-0.15, -0.1) is 0 Å². The maximum Gasteiger partial charge on any atom is 0.314 e. The van der Waals surface area contributed by atoms with E-state index in [2.05, 4.69) is 10.2 Å². The lowest BCUT2D eigenvalue weighted by Crippen LogP contribution is -2.23. The average Bonchev–Trinajstić information content (AvgIpc) is 2.75. The van der Waals surface area contributed by atoms with E-state index < -0.39 is 11.9 Å². The number of hydrogen-bond acceptors (Lipinski definition) is 3. The van der Waals surface area contributed by atoms with Gasteiger partial charge in [-0.05, 0) is 24.6 Å². The largest absolute Gasteiger partial charge is 0.481 e. The van der Waals surface area contributed by atoms with Crippen LogP contribution in [0.15, 0.2) is 24.4 Å². The number of Topliss-reactive ketones (excluding diaryl/α,β-unsaturated/α-hetero) is 1. The van der Waals surface area contributed by atoms with Gasteiger partial charge in [0.25, 0.3) is 0 Å². The fourth-order valence-electron chi connectivity index (χ4n) is 1.77. The molecule has 0 saturated carbocycles. The zero-order valence-corrected chi connectivity index (χ0v) is 9.30. The molecule has 0 fully saturated rings. The molecule has 88 valence electrons. The molecule has 0 unspecified atom stereocenters. The molecular formula is C12H12N2O3. The van der Waals surface area contributed by atoms with Crippen LogP contribution in [-0.2, 0) is 4.79 Å². The molecule has 5 heteroatoms. The number of hydrogen-bond donors (Lipinski definition) is 2. The Hall–Kier alpha value is -2.17. The second kappa shape index (κ2) is 4.37. The molecule has 2 rings (SSSR count). The number of carboxylic acids is 1. The van der Waals surface area contributed by atoms with Crippen LogP contribution in [0.5, 0.6) is 0 Å². The van der Waals surface area contributed by atoms with E-state index in [1.54, 1.807) is 31.3 Å². The standard InChI is InChI=1S/C12H12N2O3/c1-2-9(12(16)17)11(15)7-3-4-10-8(5-7)6-13-14-10/h3-6,9H,2H2,1H3,(H,13,14)(H,16,17)/t9-/m1/s1. The number of aromatic amines is 1. The van der Waals surface area contributed by atoms with Crippen molar-refractivity contribution in [2.24, 2.45) is 5.92 Å². The molecule has 5 nitrogen and oxygen atoms in total. The Morgan fingerprint density at radius 2 is 2.24 bits per heavy atom. The summed E-state index contributed by atoms with van der Waals surface area (Å²) in [5, 5.41) is 16.4. The lowest BCUT2D eigenvalue weighted by atomic mass is 9.95.